The molecular formula is C20H25F4N5O3. The minimum atomic E-state index is -4.38. The van der Waals surface area contributed by atoms with E-state index in [1.165, 1.54) is 12.1 Å². The highest BCUT2D eigenvalue weighted by Crippen LogP contribution is 2.26. The van der Waals surface area contributed by atoms with Crippen LogP contribution in [0.1, 0.15) is 44.1 Å². The zero-order valence-corrected chi connectivity index (χ0v) is 17.8. The van der Waals surface area contributed by atoms with Gasteiger partial charge in [-0.3, -0.25) is 19.1 Å². The number of halogens is 4. The van der Waals surface area contributed by atoms with Crippen LogP contribution in [0.25, 0.3) is 10.9 Å². The van der Waals surface area contributed by atoms with Gasteiger partial charge in [-0.2, -0.15) is 18.3 Å². The predicted octanol–water partition coefficient (Wildman–Crippen LogP) is 2.26. The smallest absolute Gasteiger partial charge is 0.368 e. The number of para-hydroxylation sites is 1. The summed E-state index contributed by atoms with van der Waals surface area (Å²) in [6.07, 6.45) is -5.81. The first-order valence-corrected chi connectivity index (χ1v) is 9.79. The van der Waals surface area contributed by atoms with Gasteiger partial charge in [0.2, 0.25) is 11.8 Å². The van der Waals surface area contributed by atoms with Crippen molar-refractivity contribution >= 4 is 28.6 Å². The Kier molecular flexibility index (Phi) is 7.47. The van der Waals surface area contributed by atoms with E-state index >= 15 is 0 Å². The van der Waals surface area contributed by atoms with Gasteiger partial charge in [-0.25, -0.2) is 4.39 Å². The molecule has 0 bridgehead atoms. The Hall–Kier alpha value is -3.18. The summed E-state index contributed by atoms with van der Waals surface area (Å²) in [7, 11) is 0. The van der Waals surface area contributed by atoms with Gasteiger partial charge in [-0.1, -0.05) is 32.9 Å². The number of primary amides is 1. The van der Waals surface area contributed by atoms with Crippen LogP contribution < -0.4 is 16.4 Å². The Morgan fingerprint density at radius 2 is 1.84 bits per heavy atom. The van der Waals surface area contributed by atoms with E-state index in [9.17, 15) is 31.9 Å². The number of carbonyl (C=O) groups is 3. The van der Waals surface area contributed by atoms with Crippen LogP contribution in [0, 0.1) is 11.2 Å². The number of benzene rings is 1. The van der Waals surface area contributed by atoms with Gasteiger partial charge < -0.3 is 16.4 Å². The molecule has 1 aromatic heterocycles. The van der Waals surface area contributed by atoms with Gasteiger partial charge in [0.1, 0.15) is 17.4 Å². The number of hydrogen-bond acceptors (Lipinski definition) is 4. The van der Waals surface area contributed by atoms with Crippen LogP contribution in [-0.4, -0.2) is 46.3 Å². The van der Waals surface area contributed by atoms with Crippen LogP contribution in [0.15, 0.2) is 18.2 Å². The lowest BCUT2D eigenvalue weighted by Crippen LogP contribution is -2.54. The molecule has 0 aliphatic carbocycles. The maximum Gasteiger partial charge on any atom is 0.389 e. The fourth-order valence-electron chi connectivity index (χ4n) is 3.10. The number of rotatable bonds is 8. The van der Waals surface area contributed by atoms with E-state index < -0.39 is 54.1 Å². The summed E-state index contributed by atoms with van der Waals surface area (Å²) in [6.45, 7) is 4.34. The Morgan fingerprint density at radius 1 is 1.19 bits per heavy atom. The third-order valence-electron chi connectivity index (χ3n) is 4.61. The fraction of sp³-hybridized carbons (Fsp3) is 0.500. The van der Waals surface area contributed by atoms with Crippen molar-refractivity contribution in [3.05, 3.63) is 29.7 Å². The Morgan fingerprint density at radius 3 is 2.41 bits per heavy atom. The zero-order valence-electron chi connectivity index (χ0n) is 17.8. The van der Waals surface area contributed by atoms with Crippen molar-refractivity contribution in [2.45, 2.75) is 52.4 Å². The zero-order chi connectivity index (χ0) is 24.3. The van der Waals surface area contributed by atoms with E-state index in [1.54, 1.807) is 20.8 Å². The Bertz CT molecular complexity index is 1010. The molecule has 0 aliphatic heterocycles. The van der Waals surface area contributed by atoms with E-state index in [2.05, 4.69) is 15.7 Å². The van der Waals surface area contributed by atoms with Gasteiger partial charge in [-0.15, -0.1) is 0 Å². The molecule has 1 atom stereocenters. The first kappa shape index (κ1) is 25.1. The van der Waals surface area contributed by atoms with Crippen molar-refractivity contribution in [3.8, 4) is 0 Å². The molecule has 1 unspecified atom stereocenters. The minimum Gasteiger partial charge on any atom is -0.368 e. The molecule has 8 nitrogen and oxygen atoms in total. The van der Waals surface area contributed by atoms with Crippen molar-refractivity contribution < 1.29 is 31.9 Å². The number of nitrogens with one attached hydrogen (secondary N) is 2. The first-order chi connectivity index (χ1) is 14.7. The van der Waals surface area contributed by atoms with Gasteiger partial charge in [-0.05, 0) is 17.9 Å². The molecule has 0 radical (unpaired) electrons. The number of hydrogen-bond donors (Lipinski definition) is 3. The number of amides is 3. The van der Waals surface area contributed by atoms with Crippen LogP contribution in [0.4, 0.5) is 17.6 Å². The first-order valence-electron chi connectivity index (χ1n) is 9.79. The summed E-state index contributed by atoms with van der Waals surface area (Å²) in [6, 6.07) is 2.77. The van der Waals surface area contributed by atoms with Crippen molar-refractivity contribution in [2.24, 2.45) is 11.1 Å². The highest BCUT2D eigenvalue weighted by atomic mass is 19.4. The molecule has 1 aromatic carbocycles. The average molecular weight is 459 g/mol. The third kappa shape index (κ3) is 6.41. The summed E-state index contributed by atoms with van der Waals surface area (Å²) in [5.41, 5.74) is 3.91. The molecule has 0 aliphatic rings. The molecule has 176 valence electrons. The molecule has 3 amide bonds. The molecule has 0 fully saturated rings. The molecule has 2 aromatic rings. The molecule has 1 heterocycles. The number of aryl methyl sites for hydroxylation is 1. The van der Waals surface area contributed by atoms with Gasteiger partial charge in [0.15, 0.2) is 5.69 Å². The van der Waals surface area contributed by atoms with Crippen LogP contribution in [0.5, 0.6) is 0 Å². The predicted molar refractivity (Wildman–Crippen MR) is 108 cm³/mol. The lowest BCUT2D eigenvalue weighted by molar-refractivity contribution is -0.136. The lowest BCUT2D eigenvalue weighted by atomic mass is 9.86. The van der Waals surface area contributed by atoms with Crippen molar-refractivity contribution in [1.82, 2.24) is 20.4 Å². The van der Waals surface area contributed by atoms with E-state index in [-0.39, 0.29) is 29.6 Å². The van der Waals surface area contributed by atoms with E-state index in [1.807, 2.05) is 0 Å². The third-order valence-corrected chi connectivity index (χ3v) is 4.61. The largest absolute Gasteiger partial charge is 0.389 e. The van der Waals surface area contributed by atoms with Gasteiger partial charge in [0.25, 0.3) is 5.91 Å². The maximum atomic E-state index is 14.4. The monoisotopic (exact) mass is 459 g/mol. The van der Waals surface area contributed by atoms with E-state index in [0.717, 1.165) is 10.7 Å². The lowest BCUT2D eigenvalue weighted by Gasteiger charge is -2.30. The SMILES string of the molecule is CC(C)(C)C(NC(=O)c1nn(CCCC(F)(F)F)c2c(F)cccc12)C(=O)NCC(N)=O. The Balaban J connectivity index is 2.34. The standard InChI is InChI=1S/C20H25F4N5O3/c1-19(2,3)16(18(32)26-10-13(25)30)27-17(31)14-11-6-4-7-12(21)15(11)29(28-14)9-5-8-20(22,23)24/h4,6-7,16H,5,8-10H2,1-3H3,(H2,25,30)(H,26,32)(H,27,31). The molecule has 32 heavy (non-hydrogen) atoms. The van der Waals surface area contributed by atoms with Gasteiger partial charge in [0.05, 0.1) is 6.54 Å². The molecule has 0 saturated heterocycles. The number of alkyl halides is 3. The second kappa shape index (κ2) is 9.53. The topological polar surface area (TPSA) is 119 Å². The molecule has 0 spiro atoms. The van der Waals surface area contributed by atoms with Crippen LogP contribution >= 0.6 is 0 Å². The second-order valence-electron chi connectivity index (χ2n) is 8.38. The van der Waals surface area contributed by atoms with Crippen LogP contribution in [-0.2, 0) is 16.1 Å². The molecule has 2 rings (SSSR count). The van der Waals surface area contributed by atoms with Crippen LogP contribution in [0.2, 0.25) is 0 Å². The number of fused-ring (bicyclic) bond motifs is 1. The quantitative estimate of drug-likeness (QED) is 0.525. The molecular weight excluding hydrogens is 434 g/mol. The van der Waals surface area contributed by atoms with Crippen molar-refractivity contribution in [3.63, 3.8) is 0 Å². The highest BCUT2D eigenvalue weighted by Gasteiger charge is 2.34. The Labute approximate surface area is 181 Å². The normalized spacial score (nSPS) is 13.1. The minimum absolute atomic E-state index is 0.0970. The number of carbonyl (C=O) groups excluding carboxylic acids is 3. The van der Waals surface area contributed by atoms with Crippen LogP contribution in [0.3, 0.4) is 0 Å². The number of aromatic nitrogens is 2. The summed E-state index contributed by atoms with van der Waals surface area (Å²) < 4.78 is 52.9. The van der Waals surface area contributed by atoms with Gasteiger partial charge >= 0.3 is 6.18 Å². The van der Waals surface area contributed by atoms with Crippen molar-refractivity contribution in [1.29, 1.82) is 0 Å². The maximum absolute atomic E-state index is 14.4. The summed E-state index contributed by atoms with van der Waals surface area (Å²) in [5, 5.41) is 8.97. The average Bonchev–Trinajstić information content (AvgIpc) is 3.02. The highest BCUT2D eigenvalue weighted by molar-refractivity contribution is 6.06. The second-order valence-corrected chi connectivity index (χ2v) is 8.38. The number of nitrogens with zero attached hydrogens (tertiary/aromatic N) is 2. The number of nitrogens with two attached hydrogens (primary N) is 1. The van der Waals surface area contributed by atoms with Crippen molar-refractivity contribution in [2.75, 3.05) is 6.54 Å². The van der Waals surface area contributed by atoms with E-state index in [4.69, 9.17) is 5.73 Å². The molecule has 4 N–H and O–H groups in total. The van der Waals surface area contributed by atoms with Gasteiger partial charge in [0, 0.05) is 18.4 Å². The summed E-state index contributed by atoms with van der Waals surface area (Å²) >= 11 is 0. The molecule has 12 heteroatoms. The van der Waals surface area contributed by atoms with E-state index in [0.29, 0.717) is 0 Å². The molecule has 0 saturated carbocycles. The summed E-state index contributed by atoms with van der Waals surface area (Å²) in [5.74, 6) is -2.99. The summed E-state index contributed by atoms with van der Waals surface area (Å²) in [4.78, 5) is 36.4. The fourth-order valence-corrected chi connectivity index (χ4v) is 3.10.